The van der Waals surface area contributed by atoms with Crippen LogP contribution in [-0.2, 0) is 23.9 Å². The number of ether oxygens (including phenoxy) is 2. The van der Waals surface area contributed by atoms with E-state index in [1.54, 1.807) is 25.7 Å². The molecule has 2 saturated heterocycles. The van der Waals surface area contributed by atoms with Crippen LogP contribution in [0.2, 0.25) is 0 Å². The zero-order chi connectivity index (χ0) is 24.6. The van der Waals surface area contributed by atoms with Crippen LogP contribution in [0.1, 0.15) is 72.1 Å². The Morgan fingerprint density at radius 3 is 2.21 bits per heavy atom. The molecule has 0 aromatic carbocycles. The average Bonchev–Trinajstić information content (AvgIpc) is 3.45. The summed E-state index contributed by atoms with van der Waals surface area (Å²) in [4.78, 5) is 55.8. The molecule has 0 bridgehead atoms. The second-order valence-electron chi connectivity index (χ2n) is 11.3. The molecule has 0 radical (unpaired) electrons. The highest BCUT2D eigenvalue weighted by molar-refractivity contribution is 5.89. The summed E-state index contributed by atoms with van der Waals surface area (Å²) in [6.45, 7) is 6.12. The van der Waals surface area contributed by atoms with Crippen LogP contribution in [0.25, 0.3) is 0 Å². The molecule has 9 nitrogen and oxygen atoms in total. The van der Waals surface area contributed by atoms with E-state index in [0.717, 1.165) is 44.9 Å². The maximum absolute atomic E-state index is 14.0. The van der Waals surface area contributed by atoms with Gasteiger partial charge >= 0.3 is 12.1 Å². The van der Waals surface area contributed by atoms with E-state index in [4.69, 9.17) is 9.47 Å². The topological polar surface area (TPSA) is 105 Å². The van der Waals surface area contributed by atoms with E-state index in [9.17, 15) is 19.2 Å². The minimum Gasteiger partial charge on any atom is -0.469 e. The largest absolute Gasteiger partial charge is 0.469 e. The summed E-state index contributed by atoms with van der Waals surface area (Å²) < 4.78 is 10.5. The molecular weight excluding hydrogens is 438 g/mol. The van der Waals surface area contributed by atoms with Crippen molar-refractivity contribution in [2.24, 2.45) is 17.8 Å². The molecule has 2 heterocycles. The van der Waals surface area contributed by atoms with Gasteiger partial charge in [0, 0.05) is 19.0 Å². The van der Waals surface area contributed by atoms with Crippen LogP contribution in [0.5, 0.6) is 0 Å². The van der Waals surface area contributed by atoms with Gasteiger partial charge in [-0.2, -0.15) is 0 Å². The Morgan fingerprint density at radius 2 is 1.62 bits per heavy atom. The third kappa shape index (κ3) is 5.18. The summed E-state index contributed by atoms with van der Waals surface area (Å²) in [6, 6.07) is -1.32. The number of fused-ring (bicyclic) bond motifs is 1. The Bertz CT molecular complexity index is 814. The molecule has 3 amide bonds. The second-order valence-corrected chi connectivity index (χ2v) is 11.3. The number of methoxy groups -OCH3 is 1. The molecule has 4 fully saturated rings. The molecule has 9 heteroatoms. The Kier molecular flexibility index (Phi) is 7.10. The van der Waals surface area contributed by atoms with Crippen molar-refractivity contribution >= 4 is 23.9 Å². The molecule has 190 valence electrons. The fourth-order valence-electron chi connectivity index (χ4n) is 5.98. The van der Waals surface area contributed by atoms with E-state index in [0.29, 0.717) is 13.0 Å². The maximum atomic E-state index is 14.0. The highest BCUT2D eigenvalue weighted by atomic mass is 16.6. The Labute approximate surface area is 201 Å². The summed E-state index contributed by atoms with van der Waals surface area (Å²) in [6.07, 6.45) is 6.70. The van der Waals surface area contributed by atoms with Crippen LogP contribution in [-0.4, -0.2) is 77.6 Å². The first-order chi connectivity index (χ1) is 16.1. The van der Waals surface area contributed by atoms with Gasteiger partial charge in [0.25, 0.3) is 0 Å². The van der Waals surface area contributed by atoms with E-state index in [-0.39, 0.29) is 36.2 Å². The van der Waals surface area contributed by atoms with Gasteiger partial charge in [-0.15, -0.1) is 0 Å². The number of amides is 3. The third-order valence-corrected chi connectivity index (χ3v) is 7.68. The normalized spacial score (nSPS) is 28.3. The van der Waals surface area contributed by atoms with Crippen LogP contribution in [0.15, 0.2) is 0 Å². The van der Waals surface area contributed by atoms with Crippen molar-refractivity contribution in [3.63, 3.8) is 0 Å². The molecule has 4 atom stereocenters. The van der Waals surface area contributed by atoms with Gasteiger partial charge in [0.2, 0.25) is 11.8 Å². The lowest BCUT2D eigenvalue weighted by atomic mass is 9.83. The van der Waals surface area contributed by atoms with Gasteiger partial charge in [-0.05, 0) is 58.8 Å². The number of alkyl carbamates (subject to hydrolysis) is 1. The lowest BCUT2D eigenvalue weighted by molar-refractivity contribution is -0.148. The van der Waals surface area contributed by atoms with Crippen LogP contribution in [0.4, 0.5) is 4.79 Å². The van der Waals surface area contributed by atoms with Gasteiger partial charge in [0.1, 0.15) is 11.6 Å². The Hall–Kier alpha value is -2.32. The summed E-state index contributed by atoms with van der Waals surface area (Å²) in [5.41, 5.74) is -0.673. The highest BCUT2D eigenvalue weighted by Crippen LogP contribution is 2.41. The number of nitrogens with one attached hydrogen (secondary N) is 1. The Balaban J connectivity index is 1.56. The van der Waals surface area contributed by atoms with Crippen LogP contribution in [0, 0.1) is 17.8 Å². The van der Waals surface area contributed by atoms with Crippen molar-refractivity contribution in [1.82, 2.24) is 15.1 Å². The molecule has 0 spiro atoms. The van der Waals surface area contributed by atoms with Gasteiger partial charge in [0.05, 0.1) is 25.1 Å². The number of carbonyl (C=O) groups excluding carboxylic acids is 4. The number of likely N-dealkylation sites (tertiary alicyclic amines) is 2. The minimum absolute atomic E-state index is 0.0231. The molecule has 34 heavy (non-hydrogen) atoms. The first-order valence-corrected chi connectivity index (χ1v) is 12.8. The molecule has 4 rings (SSSR count). The maximum Gasteiger partial charge on any atom is 0.408 e. The van der Waals surface area contributed by atoms with Crippen LogP contribution in [0.3, 0.4) is 0 Å². The summed E-state index contributed by atoms with van der Waals surface area (Å²) >= 11 is 0. The van der Waals surface area contributed by atoms with Crippen LogP contribution >= 0.6 is 0 Å². The zero-order valence-corrected chi connectivity index (χ0v) is 20.9. The number of esters is 1. The quantitative estimate of drug-likeness (QED) is 0.610. The standard InChI is InChI=1S/C25H39N3O6/c1-25(2,3)34-24(32)26-19(15-8-6-5-7-9-15)22(30)27-13-12-18-20(27)17(23(31)33-4)14-28(18)21(29)16-10-11-16/h15-20H,5-14H2,1-4H3,(H,26,32)/t17?,18-,19+,20-/m1/s1. The molecule has 0 aromatic rings. The molecule has 1 unspecified atom stereocenters. The monoisotopic (exact) mass is 477 g/mol. The Morgan fingerprint density at radius 1 is 0.941 bits per heavy atom. The minimum atomic E-state index is -0.708. The smallest absolute Gasteiger partial charge is 0.408 e. The van der Waals surface area contributed by atoms with Crippen molar-refractivity contribution in [2.45, 2.75) is 95.9 Å². The molecule has 2 aliphatic heterocycles. The van der Waals surface area contributed by atoms with Gasteiger partial charge < -0.3 is 24.6 Å². The van der Waals surface area contributed by atoms with Gasteiger partial charge in [-0.3, -0.25) is 14.4 Å². The number of nitrogens with zero attached hydrogens (tertiary/aromatic N) is 2. The molecule has 1 N–H and O–H groups in total. The van der Waals surface area contributed by atoms with Crippen molar-refractivity contribution < 1.29 is 28.7 Å². The predicted octanol–water partition coefficient (Wildman–Crippen LogP) is 2.47. The van der Waals surface area contributed by atoms with Gasteiger partial charge in [-0.25, -0.2) is 4.79 Å². The van der Waals surface area contributed by atoms with Crippen molar-refractivity contribution in [1.29, 1.82) is 0 Å². The fraction of sp³-hybridized carbons (Fsp3) is 0.840. The number of hydrogen-bond donors (Lipinski definition) is 1. The average molecular weight is 478 g/mol. The van der Waals surface area contributed by atoms with Crippen molar-refractivity contribution in [3.8, 4) is 0 Å². The molecule has 4 aliphatic rings. The predicted molar refractivity (Wildman–Crippen MR) is 124 cm³/mol. The summed E-state index contributed by atoms with van der Waals surface area (Å²) in [7, 11) is 1.35. The number of carbonyl (C=O) groups is 4. The van der Waals surface area contributed by atoms with Crippen molar-refractivity contribution in [2.75, 3.05) is 20.2 Å². The SMILES string of the molecule is COC(=O)C1CN(C(=O)C2CC2)[C@@H]2CCN(C(=O)[C@@H](NC(=O)OC(C)(C)C)C3CCCCC3)[C@H]12. The summed E-state index contributed by atoms with van der Waals surface area (Å²) in [5, 5.41) is 2.87. The van der Waals surface area contributed by atoms with E-state index < -0.39 is 35.7 Å². The number of rotatable bonds is 5. The highest BCUT2D eigenvalue weighted by Gasteiger charge is 2.56. The first-order valence-electron chi connectivity index (χ1n) is 12.8. The van der Waals surface area contributed by atoms with Crippen molar-refractivity contribution in [3.05, 3.63) is 0 Å². The molecule has 2 saturated carbocycles. The first kappa shape index (κ1) is 24.8. The van der Waals surface area contributed by atoms with Gasteiger partial charge in [-0.1, -0.05) is 19.3 Å². The van der Waals surface area contributed by atoms with E-state index in [2.05, 4.69) is 5.32 Å². The number of hydrogen-bond acceptors (Lipinski definition) is 6. The lowest BCUT2D eigenvalue weighted by Gasteiger charge is -2.36. The lowest BCUT2D eigenvalue weighted by Crippen LogP contribution is -2.56. The molecular formula is C25H39N3O6. The second kappa shape index (κ2) is 9.74. The fourth-order valence-corrected chi connectivity index (χ4v) is 5.98. The zero-order valence-electron chi connectivity index (χ0n) is 20.9. The third-order valence-electron chi connectivity index (χ3n) is 7.68. The van der Waals surface area contributed by atoms with Gasteiger partial charge in [0.15, 0.2) is 0 Å². The molecule has 2 aliphatic carbocycles. The van der Waals surface area contributed by atoms with E-state index >= 15 is 0 Å². The van der Waals surface area contributed by atoms with E-state index in [1.807, 2.05) is 4.90 Å². The van der Waals surface area contributed by atoms with E-state index in [1.165, 1.54) is 7.11 Å². The van der Waals surface area contributed by atoms with Crippen LogP contribution < -0.4 is 5.32 Å². The summed E-state index contributed by atoms with van der Waals surface area (Å²) in [5.74, 6) is -0.986. The molecule has 0 aromatic heterocycles.